The molecule has 3 N–H and O–H groups in total. The molecule has 0 amide bonds. The number of pyridine rings is 1. The number of benzene rings is 1. The van der Waals surface area contributed by atoms with E-state index in [9.17, 15) is 4.79 Å². The summed E-state index contributed by atoms with van der Waals surface area (Å²) in [6.07, 6.45) is 0. The van der Waals surface area contributed by atoms with Crippen molar-refractivity contribution in [1.82, 2.24) is 24.6 Å². The number of nitrogens with two attached hydrogens (primary N) is 1. The molecule has 7 heteroatoms. The molecule has 25 heavy (non-hydrogen) atoms. The minimum absolute atomic E-state index is 0.0962. The summed E-state index contributed by atoms with van der Waals surface area (Å²) in [6.45, 7) is 3.86. The normalized spacial score (nSPS) is 11.1. The Balaban J connectivity index is 2.16. The van der Waals surface area contributed by atoms with E-state index in [1.807, 2.05) is 56.3 Å². The van der Waals surface area contributed by atoms with Crippen LogP contribution in [0.25, 0.3) is 28.0 Å². The highest BCUT2D eigenvalue weighted by atomic mass is 16.1. The zero-order valence-electron chi connectivity index (χ0n) is 13.8. The lowest BCUT2D eigenvalue weighted by Gasteiger charge is -2.13. The second-order valence-electron chi connectivity index (χ2n) is 5.89. The molecule has 0 radical (unpaired) electrons. The first-order valence-electron chi connectivity index (χ1n) is 7.82. The van der Waals surface area contributed by atoms with Gasteiger partial charge >= 0.3 is 5.69 Å². The number of fused-ring (bicyclic) bond motifs is 1. The molecule has 124 valence electrons. The van der Waals surface area contributed by atoms with Crippen LogP contribution < -0.4 is 11.4 Å². The number of aromatic amines is 1. The number of anilines is 1. The Bertz CT molecular complexity index is 1120. The highest BCUT2D eigenvalue weighted by molar-refractivity contribution is 5.90. The summed E-state index contributed by atoms with van der Waals surface area (Å²) in [5, 5.41) is 6.64. The molecule has 0 unspecified atom stereocenters. The van der Waals surface area contributed by atoms with E-state index in [1.54, 1.807) is 0 Å². The monoisotopic (exact) mass is 332 g/mol. The van der Waals surface area contributed by atoms with Crippen molar-refractivity contribution in [2.24, 2.45) is 0 Å². The number of nitrogens with one attached hydrogen (secondary N) is 1. The highest BCUT2D eigenvalue weighted by Gasteiger charge is 2.19. The van der Waals surface area contributed by atoms with Crippen LogP contribution in [0.5, 0.6) is 0 Å². The van der Waals surface area contributed by atoms with Crippen LogP contribution in [0, 0.1) is 13.8 Å². The number of H-pyrrole nitrogens is 1. The maximum atomic E-state index is 12.1. The van der Waals surface area contributed by atoms with Crippen molar-refractivity contribution < 1.29 is 0 Å². The quantitative estimate of drug-likeness (QED) is 0.586. The lowest BCUT2D eigenvalue weighted by molar-refractivity contribution is 1.01. The van der Waals surface area contributed by atoms with E-state index in [0.29, 0.717) is 11.3 Å². The molecule has 0 bridgehead atoms. The van der Waals surface area contributed by atoms with Crippen molar-refractivity contribution in [3.05, 3.63) is 64.3 Å². The maximum Gasteiger partial charge on any atom is 0.350 e. The maximum absolute atomic E-state index is 12.1. The van der Waals surface area contributed by atoms with Crippen LogP contribution in [0.15, 0.2) is 47.3 Å². The highest BCUT2D eigenvalue weighted by Crippen LogP contribution is 2.34. The fourth-order valence-electron chi connectivity index (χ4n) is 3.05. The van der Waals surface area contributed by atoms with E-state index in [2.05, 4.69) is 20.2 Å². The third-order valence-electron chi connectivity index (χ3n) is 4.01. The van der Waals surface area contributed by atoms with E-state index in [0.717, 1.165) is 28.1 Å². The van der Waals surface area contributed by atoms with Crippen LogP contribution in [0.1, 0.15) is 11.4 Å². The Hall–Kier alpha value is -3.48. The standard InChI is InChI=1S/C18H16N6O/c1-10-8-13(9-11(2)20-10)14-15(12-6-4-3-5-7-12)21-17(19)24-16(14)22-23-18(24)25/h3-9H,1-2H3,(H2,19,21)(H,23,25). The van der Waals surface area contributed by atoms with Crippen LogP contribution in [-0.4, -0.2) is 24.6 Å². The zero-order valence-corrected chi connectivity index (χ0v) is 13.8. The molecule has 7 nitrogen and oxygen atoms in total. The predicted molar refractivity (Wildman–Crippen MR) is 96.2 cm³/mol. The number of rotatable bonds is 2. The molecule has 0 aliphatic carbocycles. The number of nitrogens with zero attached hydrogens (tertiary/aromatic N) is 4. The molecule has 3 aromatic heterocycles. The van der Waals surface area contributed by atoms with Gasteiger partial charge in [0.05, 0.1) is 11.3 Å². The fourth-order valence-corrected chi connectivity index (χ4v) is 3.05. The second kappa shape index (κ2) is 5.55. The third kappa shape index (κ3) is 2.46. The zero-order chi connectivity index (χ0) is 17.6. The molecule has 4 aromatic rings. The van der Waals surface area contributed by atoms with Crippen LogP contribution in [0.2, 0.25) is 0 Å². The molecule has 4 rings (SSSR count). The van der Waals surface area contributed by atoms with Gasteiger partial charge in [-0.1, -0.05) is 30.3 Å². The van der Waals surface area contributed by atoms with Gasteiger partial charge in [0, 0.05) is 17.0 Å². The van der Waals surface area contributed by atoms with Gasteiger partial charge in [0.2, 0.25) is 5.95 Å². The summed E-state index contributed by atoms with van der Waals surface area (Å²) in [6, 6.07) is 13.6. The van der Waals surface area contributed by atoms with Crippen molar-refractivity contribution in [3.63, 3.8) is 0 Å². The van der Waals surface area contributed by atoms with Crippen LogP contribution in [0.4, 0.5) is 5.95 Å². The fraction of sp³-hybridized carbons (Fsp3) is 0.111. The number of nitrogen functional groups attached to an aromatic ring is 1. The minimum atomic E-state index is -0.414. The van der Waals surface area contributed by atoms with E-state index in [4.69, 9.17) is 5.73 Å². The number of aromatic nitrogens is 5. The van der Waals surface area contributed by atoms with Crippen LogP contribution in [0.3, 0.4) is 0 Å². The molecule has 0 saturated carbocycles. The third-order valence-corrected chi connectivity index (χ3v) is 4.01. The number of aryl methyl sites for hydroxylation is 2. The van der Waals surface area contributed by atoms with Crippen molar-refractivity contribution in [3.8, 4) is 22.4 Å². The molecule has 0 aliphatic rings. The average molecular weight is 332 g/mol. The first-order valence-corrected chi connectivity index (χ1v) is 7.82. The molecule has 0 saturated heterocycles. The SMILES string of the molecule is Cc1cc(-c2c(-c3ccccc3)nc(N)n3c(=O)[nH]nc23)cc(C)n1. The first-order chi connectivity index (χ1) is 12.0. The van der Waals surface area contributed by atoms with Crippen molar-refractivity contribution in [2.75, 3.05) is 5.73 Å². The van der Waals surface area contributed by atoms with E-state index in [1.165, 1.54) is 4.40 Å². The topological polar surface area (TPSA) is 102 Å². The Morgan fingerprint density at radius 2 is 1.68 bits per heavy atom. The molecular weight excluding hydrogens is 316 g/mol. The van der Waals surface area contributed by atoms with Gasteiger partial charge in [-0.15, -0.1) is 0 Å². The molecule has 0 spiro atoms. The van der Waals surface area contributed by atoms with Gasteiger partial charge in [-0.2, -0.15) is 5.10 Å². The molecular formula is C18H16N6O. The largest absolute Gasteiger partial charge is 0.369 e. The summed E-state index contributed by atoms with van der Waals surface area (Å²) in [4.78, 5) is 21.0. The van der Waals surface area contributed by atoms with Gasteiger partial charge in [-0.05, 0) is 31.5 Å². The van der Waals surface area contributed by atoms with Crippen LogP contribution in [-0.2, 0) is 0 Å². The van der Waals surface area contributed by atoms with E-state index in [-0.39, 0.29) is 5.95 Å². The Labute approximate surface area is 143 Å². The molecule has 0 aliphatic heterocycles. The number of hydrogen-bond donors (Lipinski definition) is 2. The van der Waals surface area contributed by atoms with Gasteiger partial charge in [0.25, 0.3) is 0 Å². The summed E-state index contributed by atoms with van der Waals surface area (Å²) < 4.78 is 1.28. The predicted octanol–water partition coefficient (Wildman–Crippen LogP) is 2.35. The molecule has 3 heterocycles. The van der Waals surface area contributed by atoms with Gasteiger partial charge in [-0.25, -0.2) is 19.3 Å². The lowest BCUT2D eigenvalue weighted by atomic mass is 9.99. The van der Waals surface area contributed by atoms with E-state index < -0.39 is 5.69 Å². The van der Waals surface area contributed by atoms with Crippen molar-refractivity contribution in [2.45, 2.75) is 13.8 Å². The minimum Gasteiger partial charge on any atom is -0.369 e. The molecule has 1 aromatic carbocycles. The first kappa shape index (κ1) is 15.1. The van der Waals surface area contributed by atoms with Crippen LogP contribution >= 0.6 is 0 Å². The van der Waals surface area contributed by atoms with E-state index >= 15 is 0 Å². The van der Waals surface area contributed by atoms with Gasteiger partial charge < -0.3 is 5.73 Å². The van der Waals surface area contributed by atoms with Gasteiger partial charge in [0.15, 0.2) is 5.65 Å². The van der Waals surface area contributed by atoms with Crippen molar-refractivity contribution >= 4 is 11.6 Å². The lowest BCUT2D eigenvalue weighted by Crippen LogP contribution is -2.15. The van der Waals surface area contributed by atoms with Crippen molar-refractivity contribution in [1.29, 1.82) is 0 Å². The Morgan fingerprint density at radius 1 is 1.00 bits per heavy atom. The summed E-state index contributed by atoms with van der Waals surface area (Å²) in [5.41, 5.74) is 11.0. The van der Waals surface area contributed by atoms with Gasteiger partial charge in [0.1, 0.15) is 0 Å². The Morgan fingerprint density at radius 3 is 2.36 bits per heavy atom. The Kier molecular flexibility index (Phi) is 3.35. The smallest absolute Gasteiger partial charge is 0.350 e. The summed E-state index contributed by atoms with van der Waals surface area (Å²) in [5.74, 6) is 0.0962. The summed E-state index contributed by atoms with van der Waals surface area (Å²) >= 11 is 0. The average Bonchev–Trinajstić information content (AvgIpc) is 2.97. The number of hydrogen-bond acceptors (Lipinski definition) is 5. The van der Waals surface area contributed by atoms with Gasteiger partial charge in [-0.3, -0.25) is 4.98 Å². The second-order valence-corrected chi connectivity index (χ2v) is 5.89. The molecule has 0 atom stereocenters. The molecule has 0 fully saturated rings. The summed E-state index contributed by atoms with van der Waals surface area (Å²) in [7, 11) is 0.